The van der Waals surface area contributed by atoms with E-state index in [1.807, 2.05) is 0 Å². The summed E-state index contributed by atoms with van der Waals surface area (Å²) in [5.74, 6) is 1.08. The van der Waals surface area contributed by atoms with Crippen LogP contribution in [0.5, 0.6) is 0 Å². The highest BCUT2D eigenvalue weighted by Gasteiger charge is 2.26. The van der Waals surface area contributed by atoms with Crippen LogP contribution in [0.1, 0.15) is 40.0 Å². The molecule has 1 aliphatic heterocycles. The van der Waals surface area contributed by atoms with Gasteiger partial charge in [0.25, 0.3) is 0 Å². The summed E-state index contributed by atoms with van der Waals surface area (Å²) in [5.41, 5.74) is 0. The summed E-state index contributed by atoms with van der Waals surface area (Å²) in [6.45, 7) is 8.90. The summed E-state index contributed by atoms with van der Waals surface area (Å²) >= 11 is 0. The molecule has 0 saturated heterocycles. The lowest BCUT2D eigenvalue weighted by Crippen LogP contribution is -2.43. The Bertz CT molecular complexity index is 210. The third kappa shape index (κ3) is 3.80. The highest BCUT2D eigenvalue weighted by molar-refractivity contribution is 5.09. The second-order valence-electron chi connectivity index (χ2n) is 4.06. The maximum atomic E-state index is 5.83. The van der Waals surface area contributed by atoms with Gasteiger partial charge >= 0.3 is 0 Å². The van der Waals surface area contributed by atoms with Gasteiger partial charge in [-0.3, -0.25) is 0 Å². The fourth-order valence-corrected chi connectivity index (χ4v) is 2.13. The van der Waals surface area contributed by atoms with Crippen molar-refractivity contribution in [3.8, 4) is 0 Å². The summed E-state index contributed by atoms with van der Waals surface area (Å²) in [4.78, 5) is 0. The van der Waals surface area contributed by atoms with Crippen LogP contribution < -0.4 is 5.32 Å². The van der Waals surface area contributed by atoms with Crippen molar-refractivity contribution in [2.24, 2.45) is 0 Å². The lowest BCUT2D eigenvalue weighted by atomic mass is 10.0. The van der Waals surface area contributed by atoms with Crippen LogP contribution in [0.4, 0.5) is 0 Å². The topological polar surface area (TPSA) is 30.5 Å². The molecule has 1 N–H and O–H groups in total. The lowest BCUT2D eigenvalue weighted by Gasteiger charge is -2.28. The Hall–Kier alpha value is -0.540. The molecule has 3 heteroatoms. The Balaban J connectivity index is 2.63. The molecule has 0 aromatic heterocycles. The Labute approximate surface area is 99.2 Å². The summed E-state index contributed by atoms with van der Waals surface area (Å²) < 4.78 is 11.5. The molecule has 1 heterocycles. The quantitative estimate of drug-likeness (QED) is 0.691. The van der Waals surface area contributed by atoms with Gasteiger partial charge in [-0.2, -0.15) is 0 Å². The van der Waals surface area contributed by atoms with Gasteiger partial charge in [-0.05, 0) is 26.0 Å². The van der Waals surface area contributed by atoms with Gasteiger partial charge in [-0.25, -0.2) is 0 Å². The fourth-order valence-electron chi connectivity index (χ4n) is 2.13. The predicted octanol–water partition coefficient (Wildman–Crippen LogP) is 2.47. The number of likely N-dealkylation sites (N-methyl/N-ethyl adjacent to an activating group) is 1. The van der Waals surface area contributed by atoms with Crippen molar-refractivity contribution in [3.63, 3.8) is 0 Å². The first-order chi connectivity index (χ1) is 7.83. The van der Waals surface area contributed by atoms with E-state index in [1.165, 1.54) is 0 Å². The zero-order chi connectivity index (χ0) is 11.8. The Morgan fingerprint density at radius 1 is 1.44 bits per heavy atom. The van der Waals surface area contributed by atoms with Gasteiger partial charge in [0.15, 0.2) is 0 Å². The number of ether oxygens (including phenoxy) is 2. The van der Waals surface area contributed by atoms with Gasteiger partial charge in [0.2, 0.25) is 0 Å². The van der Waals surface area contributed by atoms with Crippen molar-refractivity contribution < 1.29 is 9.47 Å². The molecule has 1 rings (SSSR count). The lowest BCUT2D eigenvalue weighted by molar-refractivity contribution is 0.0231. The zero-order valence-corrected chi connectivity index (χ0v) is 10.8. The molecule has 0 bridgehead atoms. The van der Waals surface area contributed by atoms with Crippen LogP contribution in [0.25, 0.3) is 0 Å². The molecule has 0 radical (unpaired) electrons. The molecule has 0 aliphatic carbocycles. The van der Waals surface area contributed by atoms with Crippen LogP contribution in [-0.4, -0.2) is 31.9 Å². The molecule has 0 spiro atoms. The Kier molecular flexibility index (Phi) is 6.50. The molecule has 2 unspecified atom stereocenters. The highest BCUT2D eigenvalue weighted by atomic mass is 16.5. The largest absolute Gasteiger partial charge is 0.496 e. The maximum Gasteiger partial charge on any atom is 0.112 e. The monoisotopic (exact) mass is 227 g/mol. The minimum absolute atomic E-state index is 0.229. The molecule has 0 fully saturated rings. The average Bonchev–Trinajstić information content (AvgIpc) is 2.79. The van der Waals surface area contributed by atoms with E-state index in [4.69, 9.17) is 9.47 Å². The minimum Gasteiger partial charge on any atom is -0.496 e. The molecule has 3 nitrogen and oxygen atoms in total. The molecule has 1 aliphatic rings. The number of nitrogens with one attached hydrogen (secondary N) is 1. The first-order valence-electron chi connectivity index (χ1n) is 6.51. The number of hydrogen-bond donors (Lipinski definition) is 1. The van der Waals surface area contributed by atoms with E-state index < -0.39 is 0 Å². The summed E-state index contributed by atoms with van der Waals surface area (Å²) in [5, 5.41) is 3.48. The first-order valence-corrected chi connectivity index (χ1v) is 6.51. The van der Waals surface area contributed by atoms with E-state index in [1.54, 1.807) is 0 Å². The highest BCUT2D eigenvalue weighted by Crippen LogP contribution is 2.20. The van der Waals surface area contributed by atoms with Crippen LogP contribution in [-0.2, 0) is 9.47 Å². The molecule has 0 aromatic rings. The van der Waals surface area contributed by atoms with E-state index >= 15 is 0 Å². The van der Waals surface area contributed by atoms with Crippen LogP contribution in [0.15, 0.2) is 11.8 Å². The molecular weight excluding hydrogens is 202 g/mol. The number of hydrogen-bond acceptors (Lipinski definition) is 3. The van der Waals surface area contributed by atoms with E-state index in [0.29, 0.717) is 0 Å². The summed E-state index contributed by atoms with van der Waals surface area (Å²) in [6, 6.07) is 0.229. The Morgan fingerprint density at radius 2 is 2.25 bits per heavy atom. The van der Waals surface area contributed by atoms with Gasteiger partial charge in [0.05, 0.1) is 18.8 Å². The maximum absolute atomic E-state index is 5.83. The van der Waals surface area contributed by atoms with Gasteiger partial charge in [0, 0.05) is 13.0 Å². The van der Waals surface area contributed by atoms with Crippen molar-refractivity contribution in [2.45, 2.75) is 52.2 Å². The van der Waals surface area contributed by atoms with Gasteiger partial charge in [-0.1, -0.05) is 20.3 Å². The fraction of sp³-hybridized carbons (Fsp3) is 0.846. The SMILES string of the molecule is CCCC(OCC)C(NCC)C1=CCCO1. The predicted molar refractivity (Wildman–Crippen MR) is 66.4 cm³/mol. The van der Waals surface area contributed by atoms with Crippen molar-refractivity contribution in [1.29, 1.82) is 0 Å². The molecule has 2 atom stereocenters. The minimum atomic E-state index is 0.229. The molecule has 94 valence electrons. The van der Waals surface area contributed by atoms with E-state index in [9.17, 15) is 0 Å². The Morgan fingerprint density at radius 3 is 2.75 bits per heavy atom. The average molecular weight is 227 g/mol. The van der Waals surface area contributed by atoms with Crippen LogP contribution in [0, 0.1) is 0 Å². The summed E-state index contributed by atoms with van der Waals surface area (Å²) in [6.07, 6.45) is 5.67. The van der Waals surface area contributed by atoms with Crippen LogP contribution >= 0.6 is 0 Å². The van der Waals surface area contributed by atoms with Gasteiger partial charge < -0.3 is 14.8 Å². The second-order valence-corrected chi connectivity index (χ2v) is 4.06. The molecule has 0 amide bonds. The van der Waals surface area contributed by atoms with E-state index in [0.717, 1.165) is 44.8 Å². The second kappa shape index (κ2) is 7.69. The molecule has 0 saturated carbocycles. The molecule has 0 aromatic carbocycles. The molecular formula is C13H25NO2. The van der Waals surface area contributed by atoms with E-state index in [-0.39, 0.29) is 12.1 Å². The third-order valence-electron chi connectivity index (χ3n) is 2.79. The van der Waals surface area contributed by atoms with Gasteiger partial charge in [0.1, 0.15) is 5.76 Å². The zero-order valence-electron chi connectivity index (χ0n) is 10.8. The first kappa shape index (κ1) is 13.5. The standard InChI is InChI=1S/C13H25NO2/c1-4-8-11(15-6-3)13(14-5-2)12-9-7-10-16-12/h9,11,13-14H,4-8,10H2,1-3H3. The van der Waals surface area contributed by atoms with Gasteiger partial charge in [-0.15, -0.1) is 0 Å². The number of rotatable bonds is 8. The van der Waals surface area contributed by atoms with E-state index in [2.05, 4.69) is 32.2 Å². The summed E-state index contributed by atoms with van der Waals surface area (Å²) in [7, 11) is 0. The van der Waals surface area contributed by atoms with Crippen LogP contribution in [0.2, 0.25) is 0 Å². The van der Waals surface area contributed by atoms with Crippen molar-refractivity contribution in [1.82, 2.24) is 5.32 Å². The normalized spacial score (nSPS) is 19.1. The van der Waals surface area contributed by atoms with Crippen molar-refractivity contribution in [3.05, 3.63) is 11.8 Å². The van der Waals surface area contributed by atoms with Crippen LogP contribution in [0.3, 0.4) is 0 Å². The van der Waals surface area contributed by atoms with Crippen molar-refractivity contribution in [2.75, 3.05) is 19.8 Å². The molecule has 16 heavy (non-hydrogen) atoms. The third-order valence-corrected chi connectivity index (χ3v) is 2.79. The van der Waals surface area contributed by atoms with Crippen molar-refractivity contribution >= 4 is 0 Å². The smallest absolute Gasteiger partial charge is 0.112 e.